The highest BCUT2D eigenvalue weighted by Crippen LogP contribution is 2.13. The second-order valence-corrected chi connectivity index (χ2v) is 2.74. The van der Waals surface area contributed by atoms with Gasteiger partial charge in [-0.25, -0.2) is 5.01 Å². The van der Waals surface area contributed by atoms with Gasteiger partial charge in [0.15, 0.2) is 0 Å². The number of rotatable bonds is 2. The van der Waals surface area contributed by atoms with Gasteiger partial charge >= 0.3 is 0 Å². The Kier molecular flexibility index (Phi) is 3.08. The molecule has 4 nitrogen and oxygen atoms in total. The highest BCUT2D eigenvalue weighted by atomic mass is 16.5. The van der Waals surface area contributed by atoms with Crippen LogP contribution in [0.5, 0.6) is 0 Å². The summed E-state index contributed by atoms with van der Waals surface area (Å²) in [5.74, 6) is 0.327. The summed E-state index contributed by atoms with van der Waals surface area (Å²) >= 11 is 0. The van der Waals surface area contributed by atoms with Gasteiger partial charge in [-0.3, -0.25) is 0 Å². The molecule has 1 fully saturated rings. The van der Waals surface area contributed by atoms with Gasteiger partial charge in [0, 0.05) is 19.7 Å². The summed E-state index contributed by atoms with van der Waals surface area (Å²) in [7, 11) is 0. The average Bonchev–Trinajstić information content (AvgIpc) is 2.05. The summed E-state index contributed by atoms with van der Waals surface area (Å²) in [5, 5.41) is 19.0. The van der Waals surface area contributed by atoms with Crippen molar-refractivity contribution in [3.8, 4) is 0 Å². The van der Waals surface area contributed by atoms with Gasteiger partial charge in [0.25, 0.3) is 0 Å². The quantitative estimate of drug-likeness (QED) is 0.463. The molecule has 1 rings (SSSR count). The van der Waals surface area contributed by atoms with E-state index in [0.717, 1.165) is 25.9 Å². The molecule has 0 radical (unpaired) electrons. The lowest BCUT2D eigenvalue weighted by Crippen LogP contribution is -2.44. The maximum Gasteiger partial charge on any atom is 0.0472 e. The first kappa shape index (κ1) is 7.94. The molecule has 10 heavy (non-hydrogen) atoms. The summed E-state index contributed by atoms with van der Waals surface area (Å²) in [6.07, 6.45) is 2.10. The van der Waals surface area contributed by atoms with Crippen molar-refractivity contribution >= 4 is 0 Å². The number of piperidine rings is 1. The van der Waals surface area contributed by atoms with Gasteiger partial charge in [0.2, 0.25) is 0 Å². The Morgan fingerprint density at radius 3 is 3.00 bits per heavy atom. The molecule has 1 aliphatic heterocycles. The second-order valence-electron chi connectivity index (χ2n) is 2.74. The minimum absolute atomic E-state index is 0.220. The van der Waals surface area contributed by atoms with Crippen LogP contribution in [-0.2, 0) is 0 Å². The number of aliphatic hydroxyl groups is 1. The zero-order chi connectivity index (χ0) is 7.40. The molecule has 0 amide bonds. The molecule has 1 aliphatic rings. The Morgan fingerprint density at radius 1 is 1.60 bits per heavy atom. The van der Waals surface area contributed by atoms with E-state index in [1.54, 1.807) is 5.01 Å². The number of nitrogens with zero attached hydrogens (tertiary/aromatic N) is 1. The van der Waals surface area contributed by atoms with Crippen LogP contribution in [0.15, 0.2) is 0 Å². The molecule has 0 saturated carbocycles. The van der Waals surface area contributed by atoms with Crippen LogP contribution in [0.25, 0.3) is 0 Å². The van der Waals surface area contributed by atoms with E-state index in [1.165, 1.54) is 0 Å². The summed E-state index contributed by atoms with van der Waals surface area (Å²) in [5.41, 5.74) is 2.09. The van der Waals surface area contributed by atoms with E-state index in [4.69, 9.17) is 10.3 Å². The summed E-state index contributed by atoms with van der Waals surface area (Å²) in [6, 6.07) is 0. The van der Waals surface area contributed by atoms with Crippen LogP contribution < -0.4 is 5.59 Å². The Morgan fingerprint density at radius 2 is 2.40 bits per heavy atom. The Balaban J connectivity index is 2.25. The first-order chi connectivity index (χ1) is 4.86. The molecule has 0 aromatic rings. The topological polar surface area (TPSA) is 55.7 Å². The van der Waals surface area contributed by atoms with Gasteiger partial charge in [-0.05, 0) is 18.8 Å². The fraction of sp³-hybridized carbons (Fsp3) is 1.00. The lowest BCUT2D eigenvalue weighted by atomic mass is 10.0. The van der Waals surface area contributed by atoms with Gasteiger partial charge in [-0.2, -0.15) is 0 Å². The molecule has 3 N–H and O–H groups in total. The van der Waals surface area contributed by atoms with Crippen molar-refractivity contribution in [2.45, 2.75) is 12.8 Å². The van der Waals surface area contributed by atoms with Crippen molar-refractivity contribution in [3.05, 3.63) is 0 Å². The number of aliphatic hydroxyl groups excluding tert-OH is 1. The molecule has 1 heterocycles. The minimum Gasteiger partial charge on any atom is -0.396 e. The lowest BCUT2D eigenvalue weighted by molar-refractivity contribution is -0.0497. The molecule has 1 saturated heterocycles. The molecule has 1 unspecified atom stereocenters. The predicted octanol–water partition coefficient (Wildman–Crippen LogP) is -0.416. The Bertz CT molecular complexity index is 89.7. The van der Waals surface area contributed by atoms with E-state index in [-0.39, 0.29) is 6.61 Å². The zero-order valence-corrected chi connectivity index (χ0v) is 5.95. The smallest absolute Gasteiger partial charge is 0.0472 e. The highest BCUT2D eigenvalue weighted by Gasteiger charge is 2.17. The van der Waals surface area contributed by atoms with Crippen LogP contribution in [0.3, 0.4) is 0 Å². The standard InChI is InChI=1S/C6H14N2O2/c9-5-6-2-1-3-8(4-6)7-10/h6-7,9-10H,1-5H2. The van der Waals surface area contributed by atoms with E-state index < -0.39 is 0 Å². The number of nitrogens with one attached hydrogen (secondary N) is 1. The molecular formula is C6H14N2O2. The molecule has 0 aliphatic carbocycles. The molecule has 1 atom stereocenters. The van der Waals surface area contributed by atoms with Gasteiger partial charge in [-0.1, -0.05) is 0 Å². The van der Waals surface area contributed by atoms with E-state index in [0.29, 0.717) is 5.92 Å². The first-order valence-electron chi connectivity index (χ1n) is 3.62. The van der Waals surface area contributed by atoms with E-state index in [9.17, 15) is 0 Å². The third-order valence-corrected chi connectivity index (χ3v) is 1.92. The summed E-state index contributed by atoms with van der Waals surface area (Å²) < 4.78 is 0. The summed E-state index contributed by atoms with van der Waals surface area (Å²) in [6.45, 7) is 1.83. The maximum atomic E-state index is 8.77. The van der Waals surface area contributed by atoms with Crippen molar-refractivity contribution in [1.29, 1.82) is 0 Å². The fourth-order valence-corrected chi connectivity index (χ4v) is 1.30. The average molecular weight is 146 g/mol. The molecular weight excluding hydrogens is 132 g/mol. The number of hydrazine groups is 1. The van der Waals surface area contributed by atoms with Crippen molar-refractivity contribution in [2.75, 3.05) is 19.7 Å². The largest absolute Gasteiger partial charge is 0.396 e. The van der Waals surface area contributed by atoms with Crippen molar-refractivity contribution in [1.82, 2.24) is 10.6 Å². The number of hydrogen-bond acceptors (Lipinski definition) is 4. The van der Waals surface area contributed by atoms with Gasteiger partial charge < -0.3 is 10.3 Å². The minimum atomic E-state index is 0.220. The SMILES string of the molecule is OCC1CCCN(NO)C1. The van der Waals surface area contributed by atoms with Gasteiger partial charge in [0.05, 0.1) is 0 Å². The molecule has 0 aromatic carbocycles. The third-order valence-electron chi connectivity index (χ3n) is 1.92. The van der Waals surface area contributed by atoms with E-state index in [1.807, 2.05) is 0 Å². The van der Waals surface area contributed by atoms with Crippen LogP contribution in [0.1, 0.15) is 12.8 Å². The van der Waals surface area contributed by atoms with Gasteiger partial charge in [0.1, 0.15) is 0 Å². The van der Waals surface area contributed by atoms with Crippen LogP contribution in [0.4, 0.5) is 0 Å². The van der Waals surface area contributed by atoms with Crippen LogP contribution in [-0.4, -0.2) is 35.0 Å². The van der Waals surface area contributed by atoms with Crippen LogP contribution in [0.2, 0.25) is 0 Å². The highest BCUT2D eigenvalue weighted by molar-refractivity contribution is 4.68. The first-order valence-corrected chi connectivity index (χ1v) is 3.62. The predicted molar refractivity (Wildman–Crippen MR) is 36.3 cm³/mol. The van der Waals surface area contributed by atoms with Crippen LogP contribution >= 0.6 is 0 Å². The molecule has 0 bridgehead atoms. The molecule has 0 spiro atoms. The Hall–Kier alpha value is -0.160. The Labute approximate surface area is 60.4 Å². The van der Waals surface area contributed by atoms with E-state index in [2.05, 4.69) is 5.59 Å². The maximum absolute atomic E-state index is 8.77. The van der Waals surface area contributed by atoms with Crippen molar-refractivity contribution < 1.29 is 10.3 Å². The monoisotopic (exact) mass is 146 g/mol. The van der Waals surface area contributed by atoms with E-state index >= 15 is 0 Å². The fourth-order valence-electron chi connectivity index (χ4n) is 1.30. The second kappa shape index (κ2) is 3.88. The number of hydrogen-bond donors (Lipinski definition) is 3. The third kappa shape index (κ3) is 1.91. The zero-order valence-electron chi connectivity index (χ0n) is 5.95. The summed E-state index contributed by atoms with van der Waals surface area (Å²) in [4.78, 5) is 0. The normalized spacial score (nSPS) is 28.8. The molecule has 0 aromatic heterocycles. The van der Waals surface area contributed by atoms with Crippen LogP contribution in [0, 0.1) is 5.92 Å². The molecule has 60 valence electrons. The van der Waals surface area contributed by atoms with Crippen molar-refractivity contribution in [3.63, 3.8) is 0 Å². The van der Waals surface area contributed by atoms with Gasteiger partial charge in [-0.15, -0.1) is 5.59 Å². The van der Waals surface area contributed by atoms with Crippen molar-refractivity contribution in [2.24, 2.45) is 5.92 Å². The molecule has 4 heteroatoms. The lowest BCUT2D eigenvalue weighted by Gasteiger charge is -2.29.